The fourth-order valence-corrected chi connectivity index (χ4v) is 1.41. The number of aldehydes is 1. The highest BCUT2D eigenvalue weighted by Crippen LogP contribution is 2.27. The Morgan fingerprint density at radius 1 is 1.54 bits per heavy atom. The summed E-state index contributed by atoms with van der Waals surface area (Å²) in [5.41, 5.74) is 0.619. The van der Waals surface area contributed by atoms with Gasteiger partial charge in [0.05, 0.1) is 11.1 Å². The van der Waals surface area contributed by atoms with Gasteiger partial charge in [-0.1, -0.05) is 19.1 Å². The lowest BCUT2D eigenvalue weighted by molar-refractivity contribution is 0.112. The summed E-state index contributed by atoms with van der Waals surface area (Å²) in [5.74, 6) is 0.728. The lowest BCUT2D eigenvalue weighted by Gasteiger charge is -2.07. The molecule has 0 aromatic heterocycles. The van der Waals surface area contributed by atoms with Gasteiger partial charge in [0.1, 0.15) is 5.75 Å². The highest BCUT2D eigenvalue weighted by atomic mass is 79.9. The van der Waals surface area contributed by atoms with Gasteiger partial charge in [-0.25, -0.2) is 0 Å². The molecule has 0 saturated heterocycles. The fourth-order valence-electron chi connectivity index (χ4n) is 0.942. The zero-order valence-electron chi connectivity index (χ0n) is 7.42. The molecule has 70 valence electrons. The maximum atomic E-state index is 10.6. The Labute approximate surface area is 86.0 Å². The quantitative estimate of drug-likeness (QED) is 0.759. The first-order chi connectivity index (χ1) is 6.29. The van der Waals surface area contributed by atoms with Crippen LogP contribution < -0.4 is 4.74 Å². The minimum absolute atomic E-state index is 0.619. The molecule has 3 heteroatoms. The van der Waals surface area contributed by atoms with E-state index in [-0.39, 0.29) is 0 Å². The lowest BCUT2D eigenvalue weighted by atomic mass is 10.2. The van der Waals surface area contributed by atoms with Gasteiger partial charge in [-0.05, 0) is 28.4 Å². The molecule has 1 aromatic carbocycles. The van der Waals surface area contributed by atoms with Crippen LogP contribution in [0.4, 0.5) is 0 Å². The van der Waals surface area contributed by atoms with Crippen LogP contribution in [0.5, 0.6) is 5.75 Å². The van der Waals surface area contributed by atoms with Crippen molar-refractivity contribution in [2.45, 2.75) is 13.3 Å². The Hall–Kier alpha value is -0.830. The van der Waals surface area contributed by atoms with Crippen molar-refractivity contribution in [3.8, 4) is 5.75 Å². The van der Waals surface area contributed by atoms with Crippen LogP contribution in [0.3, 0.4) is 0 Å². The van der Waals surface area contributed by atoms with Crippen LogP contribution in [0.15, 0.2) is 22.7 Å². The van der Waals surface area contributed by atoms with E-state index in [1.807, 2.05) is 13.0 Å². The van der Waals surface area contributed by atoms with Crippen LogP contribution in [0.25, 0.3) is 0 Å². The highest BCUT2D eigenvalue weighted by Gasteiger charge is 2.04. The Balaban J connectivity index is 2.87. The van der Waals surface area contributed by atoms with Crippen LogP contribution in [-0.4, -0.2) is 12.9 Å². The summed E-state index contributed by atoms with van der Waals surface area (Å²) in [6.07, 6.45) is 1.76. The Morgan fingerprint density at radius 2 is 2.31 bits per heavy atom. The molecule has 2 nitrogen and oxygen atoms in total. The molecule has 0 aliphatic rings. The van der Waals surface area contributed by atoms with Gasteiger partial charge in [0.15, 0.2) is 6.29 Å². The van der Waals surface area contributed by atoms with Crippen molar-refractivity contribution in [3.63, 3.8) is 0 Å². The molecule has 0 fully saturated rings. The van der Waals surface area contributed by atoms with Gasteiger partial charge in [0, 0.05) is 5.56 Å². The molecule has 0 aliphatic heterocycles. The molecule has 0 bridgehead atoms. The second-order valence-electron chi connectivity index (χ2n) is 2.63. The molecule has 0 atom stereocenters. The maximum absolute atomic E-state index is 10.6. The normalized spacial score (nSPS) is 9.69. The summed E-state index contributed by atoms with van der Waals surface area (Å²) < 4.78 is 6.16. The Bertz CT molecular complexity index is 297. The molecule has 0 N–H and O–H groups in total. The summed E-state index contributed by atoms with van der Waals surface area (Å²) in [6, 6.07) is 5.39. The number of hydrogen-bond donors (Lipinski definition) is 0. The van der Waals surface area contributed by atoms with Gasteiger partial charge in [-0.15, -0.1) is 0 Å². The predicted octanol–water partition coefficient (Wildman–Crippen LogP) is 3.05. The number of halogens is 1. The van der Waals surface area contributed by atoms with Crippen molar-refractivity contribution in [1.29, 1.82) is 0 Å². The molecule has 13 heavy (non-hydrogen) atoms. The number of carbonyl (C=O) groups is 1. The second-order valence-corrected chi connectivity index (χ2v) is 3.42. The predicted molar refractivity (Wildman–Crippen MR) is 55.3 cm³/mol. The second kappa shape index (κ2) is 5.02. The van der Waals surface area contributed by atoms with E-state index in [1.165, 1.54) is 0 Å². The van der Waals surface area contributed by atoms with E-state index in [0.29, 0.717) is 12.2 Å². The van der Waals surface area contributed by atoms with E-state index >= 15 is 0 Å². The molecule has 0 unspecified atom stereocenters. The van der Waals surface area contributed by atoms with Gasteiger partial charge in [0.2, 0.25) is 0 Å². The van der Waals surface area contributed by atoms with Crippen LogP contribution in [0.2, 0.25) is 0 Å². The third-order valence-electron chi connectivity index (χ3n) is 1.58. The summed E-state index contributed by atoms with van der Waals surface area (Å²) in [6.45, 7) is 2.71. The third kappa shape index (κ3) is 2.56. The van der Waals surface area contributed by atoms with Crippen LogP contribution in [-0.2, 0) is 0 Å². The number of carbonyl (C=O) groups excluding carboxylic acids is 1. The summed E-state index contributed by atoms with van der Waals surface area (Å²) in [4.78, 5) is 10.6. The zero-order chi connectivity index (χ0) is 9.68. The Kier molecular flexibility index (Phi) is 3.96. The smallest absolute Gasteiger partial charge is 0.151 e. The monoisotopic (exact) mass is 242 g/mol. The summed E-state index contributed by atoms with van der Waals surface area (Å²) >= 11 is 3.32. The first-order valence-electron chi connectivity index (χ1n) is 4.16. The molecule has 0 amide bonds. The standard InChI is InChI=1S/C10H11BrO2/c1-2-6-13-9-5-3-4-8(7-12)10(9)11/h3-5,7H,2,6H2,1H3. The highest BCUT2D eigenvalue weighted by molar-refractivity contribution is 9.10. The molecule has 0 radical (unpaired) electrons. The number of hydrogen-bond acceptors (Lipinski definition) is 2. The summed E-state index contributed by atoms with van der Waals surface area (Å²) in [5, 5.41) is 0. The van der Waals surface area contributed by atoms with E-state index < -0.39 is 0 Å². The topological polar surface area (TPSA) is 26.3 Å². The molecule has 0 spiro atoms. The van der Waals surface area contributed by atoms with E-state index in [2.05, 4.69) is 15.9 Å². The SMILES string of the molecule is CCCOc1cccc(C=O)c1Br. The average Bonchev–Trinajstić information content (AvgIpc) is 2.16. The van der Waals surface area contributed by atoms with Gasteiger partial charge >= 0.3 is 0 Å². The van der Waals surface area contributed by atoms with Crippen molar-refractivity contribution in [2.75, 3.05) is 6.61 Å². The van der Waals surface area contributed by atoms with E-state index in [1.54, 1.807) is 12.1 Å². The van der Waals surface area contributed by atoms with E-state index in [4.69, 9.17) is 4.74 Å². The van der Waals surface area contributed by atoms with E-state index in [0.717, 1.165) is 22.9 Å². The van der Waals surface area contributed by atoms with Crippen LogP contribution >= 0.6 is 15.9 Å². The maximum Gasteiger partial charge on any atom is 0.151 e. The van der Waals surface area contributed by atoms with Crippen molar-refractivity contribution < 1.29 is 9.53 Å². The van der Waals surface area contributed by atoms with Crippen LogP contribution in [0.1, 0.15) is 23.7 Å². The zero-order valence-corrected chi connectivity index (χ0v) is 9.00. The van der Waals surface area contributed by atoms with Crippen molar-refractivity contribution in [2.24, 2.45) is 0 Å². The largest absolute Gasteiger partial charge is 0.492 e. The number of ether oxygens (including phenoxy) is 1. The molecular weight excluding hydrogens is 232 g/mol. The van der Waals surface area contributed by atoms with Crippen LogP contribution in [0, 0.1) is 0 Å². The van der Waals surface area contributed by atoms with Gasteiger partial charge < -0.3 is 4.74 Å². The number of rotatable bonds is 4. The van der Waals surface area contributed by atoms with Crippen molar-refractivity contribution in [3.05, 3.63) is 28.2 Å². The Morgan fingerprint density at radius 3 is 2.92 bits per heavy atom. The fraction of sp³-hybridized carbons (Fsp3) is 0.300. The van der Waals surface area contributed by atoms with E-state index in [9.17, 15) is 4.79 Å². The van der Waals surface area contributed by atoms with Crippen molar-refractivity contribution in [1.82, 2.24) is 0 Å². The number of benzene rings is 1. The lowest BCUT2D eigenvalue weighted by Crippen LogP contribution is -1.96. The average molecular weight is 243 g/mol. The minimum Gasteiger partial charge on any atom is -0.492 e. The van der Waals surface area contributed by atoms with Gasteiger partial charge in [-0.3, -0.25) is 4.79 Å². The molecular formula is C10H11BrO2. The molecule has 1 rings (SSSR count). The first-order valence-corrected chi connectivity index (χ1v) is 4.95. The molecule has 0 aliphatic carbocycles. The molecule has 0 heterocycles. The first kappa shape index (κ1) is 10.3. The minimum atomic E-state index is 0.619. The van der Waals surface area contributed by atoms with Gasteiger partial charge in [-0.2, -0.15) is 0 Å². The van der Waals surface area contributed by atoms with Gasteiger partial charge in [0.25, 0.3) is 0 Å². The third-order valence-corrected chi connectivity index (χ3v) is 2.43. The summed E-state index contributed by atoms with van der Waals surface area (Å²) in [7, 11) is 0. The van der Waals surface area contributed by atoms with Crippen molar-refractivity contribution >= 4 is 22.2 Å². The molecule has 1 aromatic rings. The molecule has 0 saturated carbocycles.